The van der Waals surface area contributed by atoms with E-state index in [9.17, 15) is 9.59 Å². The number of hydrogen-bond donors (Lipinski definition) is 2. The molecule has 1 heterocycles. The van der Waals surface area contributed by atoms with Gasteiger partial charge in [-0.1, -0.05) is 5.21 Å². The summed E-state index contributed by atoms with van der Waals surface area (Å²) in [6.07, 6.45) is -0.709. The highest BCUT2D eigenvalue weighted by molar-refractivity contribution is 5.97. The van der Waals surface area contributed by atoms with Crippen LogP contribution in [0.3, 0.4) is 0 Å². The van der Waals surface area contributed by atoms with Crippen LogP contribution in [0.4, 0.5) is 4.79 Å². The van der Waals surface area contributed by atoms with Crippen LogP contribution >= 0.6 is 0 Å². The number of nitrogens with one attached hydrogen (secondary N) is 2. The molecule has 0 atom stereocenters. The Kier molecular flexibility index (Phi) is 4.14. The number of aryl methyl sites for hydroxylation is 1. The lowest BCUT2D eigenvalue weighted by atomic mass is 10.2. The highest BCUT2D eigenvalue weighted by Gasteiger charge is 2.10. The third-order valence-electron chi connectivity index (χ3n) is 2.63. The molecule has 0 radical (unpaired) electrons. The van der Waals surface area contributed by atoms with Crippen molar-refractivity contribution in [3.05, 3.63) is 23.8 Å². The molecule has 0 bridgehead atoms. The van der Waals surface area contributed by atoms with Gasteiger partial charge in [0, 0.05) is 12.1 Å². The monoisotopic (exact) mass is 277 g/mol. The zero-order valence-corrected chi connectivity index (χ0v) is 11.2. The van der Waals surface area contributed by atoms with Gasteiger partial charge in [-0.25, -0.2) is 14.9 Å². The predicted molar refractivity (Wildman–Crippen MR) is 70.8 cm³/mol. The number of hydrazine groups is 1. The van der Waals surface area contributed by atoms with Crippen molar-refractivity contribution in [1.82, 2.24) is 25.8 Å². The van der Waals surface area contributed by atoms with Crippen LogP contribution in [0.2, 0.25) is 0 Å². The fourth-order valence-corrected chi connectivity index (χ4v) is 1.69. The smallest absolute Gasteiger partial charge is 0.426 e. The molecule has 2 N–H and O–H groups in total. The molecule has 0 aliphatic heterocycles. The summed E-state index contributed by atoms with van der Waals surface area (Å²) in [6.45, 7) is 4.56. The van der Waals surface area contributed by atoms with Gasteiger partial charge in [-0.2, -0.15) is 0 Å². The van der Waals surface area contributed by atoms with Crippen molar-refractivity contribution in [3.8, 4) is 0 Å². The second kappa shape index (κ2) is 6.00. The van der Waals surface area contributed by atoms with Gasteiger partial charge in [-0.15, -0.1) is 5.10 Å². The number of amides is 2. The molecule has 8 nitrogen and oxygen atoms in total. The number of nitrogens with zero attached hydrogens (tertiary/aromatic N) is 3. The maximum Gasteiger partial charge on any atom is 0.426 e. The largest absolute Gasteiger partial charge is 0.449 e. The molecule has 0 saturated heterocycles. The summed E-state index contributed by atoms with van der Waals surface area (Å²) >= 11 is 0. The van der Waals surface area contributed by atoms with Crippen molar-refractivity contribution in [3.63, 3.8) is 0 Å². The highest BCUT2D eigenvalue weighted by Crippen LogP contribution is 2.13. The zero-order chi connectivity index (χ0) is 14.5. The molecule has 106 valence electrons. The van der Waals surface area contributed by atoms with E-state index >= 15 is 0 Å². The first-order valence-corrected chi connectivity index (χ1v) is 6.22. The summed E-state index contributed by atoms with van der Waals surface area (Å²) in [6, 6.07) is 5.01. The van der Waals surface area contributed by atoms with E-state index in [1.807, 2.05) is 6.92 Å². The molecule has 2 aromatic rings. The summed E-state index contributed by atoms with van der Waals surface area (Å²) in [4.78, 5) is 22.9. The highest BCUT2D eigenvalue weighted by atomic mass is 16.5. The van der Waals surface area contributed by atoms with E-state index in [-0.39, 0.29) is 6.61 Å². The number of carbonyl (C=O) groups is 2. The normalized spacial score (nSPS) is 10.3. The van der Waals surface area contributed by atoms with Crippen LogP contribution in [0, 0.1) is 0 Å². The molecule has 0 spiro atoms. The molecule has 1 aromatic heterocycles. The Hall–Kier alpha value is -2.64. The van der Waals surface area contributed by atoms with E-state index in [2.05, 4.69) is 25.9 Å². The summed E-state index contributed by atoms with van der Waals surface area (Å²) in [5.74, 6) is -0.453. The van der Waals surface area contributed by atoms with E-state index in [1.54, 1.807) is 29.8 Å². The number of rotatable bonds is 3. The lowest BCUT2D eigenvalue weighted by Crippen LogP contribution is -2.41. The van der Waals surface area contributed by atoms with Crippen LogP contribution in [0.15, 0.2) is 18.2 Å². The lowest BCUT2D eigenvalue weighted by Gasteiger charge is -2.07. The van der Waals surface area contributed by atoms with Gasteiger partial charge in [0.05, 0.1) is 12.1 Å². The quantitative estimate of drug-likeness (QED) is 0.810. The number of fused-ring (bicyclic) bond motifs is 1. The van der Waals surface area contributed by atoms with Gasteiger partial charge in [0.15, 0.2) is 0 Å². The van der Waals surface area contributed by atoms with Crippen LogP contribution in [0.25, 0.3) is 11.0 Å². The second-order valence-electron chi connectivity index (χ2n) is 3.91. The van der Waals surface area contributed by atoms with Crippen molar-refractivity contribution in [2.75, 3.05) is 6.61 Å². The minimum atomic E-state index is -0.709. The number of ether oxygens (including phenoxy) is 1. The molecule has 1 aromatic carbocycles. The zero-order valence-electron chi connectivity index (χ0n) is 11.2. The fraction of sp³-hybridized carbons (Fsp3) is 0.333. The van der Waals surface area contributed by atoms with E-state index in [1.165, 1.54) is 0 Å². The van der Waals surface area contributed by atoms with Gasteiger partial charge in [-0.05, 0) is 32.0 Å². The van der Waals surface area contributed by atoms with Gasteiger partial charge in [0.2, 0.25) is 0 Å². The van der Waals surface area contributed by atoms with Crippen molar-refractivity contribution in [2.24, 2.45) is 0 Å². The molecule has 20 heavy (non-hydrogen) atoms. The van der Waals surface area contributed by atoms with Gasteiger partial charge < -0.3 is 4.74 Å². The SMILES string of the molecule is CCOC(=O)NNC(=O)c1ccc2c(c1)nnn2CC. The van der Waals surface area contributed by atoms with E-state index in [0.717, 1.165) is 5.52 Å². The topological polar surface area (TPSA) is 98.1 Å². The van der Waals surface area contributed by atoms with Crippen LogP contribution in [-0.2, 0) is 11.3 Å². The van der Waals surface area contributed by atoms with Crippen LogP contribution < -0.4 is 10.9 Å². The first-order chi connectivity index (χ1) is 9.65. The van der Waals surface area contributed by atoms with Gasteiger partial charge in [-0.3, -0.25) is 10.2 Å². The number of carbonyl (C=O) groups excluding carboxylic acids is 2. The van der Waals surface area contributed by atoms with Crippen molar-refractivity contribution in [1.29, 1.82) is 0 Å². The molecular weight excluding hydrogens is 262 g/mol. The summed E-state index contributed by atoms with van der Waals surface area (Å²) in [5.41, 5.74) is 6.24. The van der Waals surface area contributed by atoms with Gasteiger partial charge in [0.25, 0.3) is 5.91 Å². The van der Waals surface area contributed by atoms with E-state index < -0.39 is 12.0 Å². The molecule has 2 rings (SSSR count). The summed E-state index contributed by atoms with van der Waals surface area (Å²) in [7, 11) is 0. The first kappa shape index (κ1) is 13.8. The Morgan fingerprint density at radius 2 is 2.10 bits per heavy atom. The van der Waals surface area contributed by atoms with Crippen LogP contribution in [0.5, 0.6) is 0 Å². The Balaban J connectivity index is 2.09. The molecule has 0 unspecified atom stereocenters. The number of benzene rings is 1. The first-order valence-electron chi connectivity index (χ1n) is 6.22. The molecule has 0 aliphatic carbocycles. The Morgan fingerprint density at radius 3 is 2.80 bits per heavy atom. The maximum atomic E-state index is 11.8. The van der Waals surface area contributed by atoms with Crippen LogP contribution in [-0.4, -0.2) is 33.6 Å². The standard InChI is InChI=1S/C12H15N5O3/c1-3-17-10-6-5-8(7-9(10)13-16-17)11(18)14-15-12(19)20-4-2/h5-7H,3-4H2,1-2H3,(H,14,18)(H,15,19). The number of hydrogen-bond acceptors (Lipinski definition) is 5. The summed E-state index contributed by atoms with van der Waals surface area (Å²) < 4.78 is 6.36. The molecule has 2 amide bonds. The molecule has 0 fully saturated rings. The molecule has 0 aliphatic rings. The minimum absolute atomic E-state index is 0.230. The average molecular weight is 277 g/mol. The third-order valence-corrected chi connectivity index (χ3v) is 2.63. The second-order valence-corrected chi connectivity index (χ2v) is 3.91. The molecule has 0 saturated carbocycles. The van der Waals surface area contributed by atoms with E-state index in [4.69, 9.17) is 0 Å². The van der Waals surface area contributed by atoms with Crippen molar-refractivity contribution >= 4 is 23.0 Å². The van der Waals surface area contributed by atoms with Crippen LogP contribution in [0.1, 0.15) is 24.2 Å². The van der Waals surface area contributed by atoms with Gasteiger partial charge >= 0.3 is 6.09 Å². The van der Waals surface area contributed by atoms with Crippen molar-refractivity contribution < 1.29 is 14.3 Å². The predicted octanol–water partition coefficient (Wildman–Crippen LogP) is 0.842. The molecular formula is C12H15N5O3. The molecule has 8 heteroatoms. The Bertz CT molecular complexity index is 637. The lowest BCUT2D eigenvalue weighted by molar-refractivity contribution is 0.0913. The summed E-state index contributed by atoms with van der Waals surface area (Å²) in [5, 5.41) is 7.94. The van der Waals surface area contributed by atoms with Gasteiger partial charge in [0.1, 0.15) is 5.52 Å². The van der Waals surface area contributed by atoms with Crippen molar-refractivity contribution in [2.45, 2.75) is 20.4 Å². The Labute approximate surface area is 115 Å². The minimum Gasteiger partial charge on any atom is -0.449 e. The van der Waals surface area contributed by atoms with E-state index in [0.29, 0.717) is 17.6 Å². The average Bonchev–Trinajstić information content (AvgIpc) is 2.87. The Morgan fingerprint density at radius 1 is 1.30 bits per heavy atom. The fourth-order valence-electron chi connectivity index (χ4n) is 1.69. The number of aromatic nitrogens is 3. The third kappa shape index (κ3) is 2.85. The maximum absolute atomic E-state index is 11.8.